The molecule has 1 amide bonds. The number of carbonyl (C=O) groups excluding carboxylic acids is 1. The zero-order valence-corrected chi connectivity index (χ0v) is 17.1. The SMILES string of the molecule is CCCNC(=O)COc1cc(C)c(Cc2ccc(O)c(C(C)C)c2)c(C)c1. The Morgan fingerprint density at radius 3 is 2.41 bits per heavy atom. The normalized spacial score (nSPS) is 10.9. The molecule has 0 radical (unpaired) electrons. The molecule has 2 aromatic carbocycles. The summed E-state index contributed by atoms with van der Waals surface area (Å²) in [7, 11) is 0. The minimum atomic E-state index is -0.0958. The Hall–Kier alpha value is -2.49. The predicted molar refractivity (Wildman–Crippen MR) is 110 cm³/mol. The molecule has 0 aliphatic carbocycles. The highest BCUT2D eigenvalue weighted by atomic mass is 16.5. The van der Waals surface area contributed by atoms with Crippen molar-refractivity contribution in [2.24, 2.45) is 0 Å². The zero-order valence-electron chi connectivity index (χ0n) is 17.1. The Balaban J connectivity index is 2.13. The summed E-state index contributed by atoms with van der Waals surface area (Å²) in [6, 6.07) is 9.81. The van der Waals surface area contributed by atoms with Gasteiger partial charge in [0.2, 0.25) is 0 Å². The van der Waals surface area contributed by atoms with Gasteiger partial charge in [0, 0.05) is 6.54 Å². The van der Waals surface area contributed by atoms with Crippen molar-refractivity contribution in [2.75, 3.05) is 13.2 Å². The molecule has 146 valence electrons. The van der Waals surface area contributed by atoms with Crippen LogP contribution in [0.1, 0.15) is 60.9 Å². The van der Waals surface area contributed by atoms with Crippen LogP contribution in [0.2, 0.25) is 0 Å². The largest absolute Gasteiger partial charge is 0.508 e. The second-order valence-electron chi connectivity index (χ2n) is 7.40. The number of hydrogen-bond donors (Lipinski definition) is 2. The molecule has 2 aromatic rings. The number of aryl methyl sites for hydroxylation is 2. The highest BCUT2D eigenvalue weighted by Gasteiger charge is 2.11. The lowest BCUT2D eigenvalue weighted by molar-refractivity contribution is -0.123. The van der Waals surface area contributed by atoms with Gasteiger partial charge < -0.3 is 15.2 Å². The van der Waals surface area contributed by atoms with Gasteiger partial charge in [-0.1, -0.05) is 32.9 Å². The lowest BCUT2D eigenvalue weighted by Crippen LogP contribution is -2.29. The number of phenolic OH excluding ortho intramolecular Hbond substituents is 1. The quantitative estimate of drug-likeness (QED) is 0.713. The number of aromatic hydroxyl groups is 1. The number of benzene rings is 2. The smallest absolute Gasteiger partial charge is 0.257 e. The topological polar surface area (TPSA) is 58.6 Å². The van der Waals surface area contributed by atoms with Gasteiger partial charge in [-0.25, -0.2) is 0 Å². The molecule has 0 saturated heterocycles. The molecule has 0 saturated carbocycles. The van der Waals surface area contributed by atoms with E-state index in [4.69, 9.17) is 4.74 Å². The van der Waals surface area contributed by atoms with E-state index in [0.29, 0.717) is 18.0 Å². The first kappa shape index (κ1) is 20.8. The van der Waals surface area contributed by atoms with Crippen molar-refractivity contribution >= 4 is 5.91 Å². The second-order valence-corrected chi connectivity index (χ2v) is 7.40. The fourth-order valence-electron chi connectivity index (χ4n) is 3.16. The molecular weight excluding hydrogens is 338 g/mol. The Morgan fingerprint density at radius 2 is 1.81 bits per heavy atom. The molecule has 0 fully saturated rings. The minimum absolute atomic E-state index is 0.0357. The van der Waals surface area contributed by atoms with Crippen molar-refractivity contribution in [1.29, 1.82) is 0 Å². The minimum Gasteiger partial charge on any atom is -0.508 e. The molecule has 4 heteroatoms. The van der Waals surface area contributed by atoms with Gasteiger partial charge in [0.05, 0.1) is 0 Å². The van der Waals surface area contributed by atoms with Gasteiger partial charge in [-0.2, -0.15) is 0 Å². The van der Waals surface area contributed by atoms with Gasteiger partial charge in [-0.3, -0.25) is 4.79 Å². The van der Waals surface area contributed by atoms with Crippen molar-refractivity contribution < 1.29 is 14.6 Å². The van der Waals surface area contributed by atoms with E-state index < -0.39 is 0 Å². The number of phenols is 1. The van der Waals surface area contributed by atoms with Crippen LogP contribution in [0.25, 0.3) is 0 Å². The van der Waals surface area contributed by atoms with Crippen LogP contribution in [0.4, 0.5) is 0 Å². The molecule has 27 heavy (non-hydrogen) atoms. The summed E-state index contributed by atoms with van der Waals surface area (Å²) in [6.07, 6.45) is 1.71. The summed E-state index contributed by atoms with van der Waals surface area (Å²) in [4.78, 5) is 11.7. The summed E-state index contributed by atoms with van der Waals surface area (Å²) in [5.74, 6) is 1.25. The maximum absolute atomic E-state index is 11.7. The van der Waals surface area contributed by atoms with Gasteiger partial charge in [0.1, 0.15) is 11.5 Å². The van der Waals surface area contributed by atoms with Crippen molar-refractivity contribution in [3.05, 3.63) is 58.1 Å². The van der Waals surface area contributed by atoms with Crippen LogP contribution in [-0.2, 0) is 11.2 Å². The third kappa shape index (κ3) is 5.75. The number of ether oxygens (including phenoxy) is 1. The lowest BCUT2D eigenvalue weighted by atomic mass is 9.93. The van der Waals surface area contributed by atoms with E-state index in [1.807, 2.05) is 25.1 Å². The fourth-order valence-corrected chi connectivity index (χ4v) is 3.16. The molecule has 0 aromatic heterocycles. The molecule has 2 N–H and O–H groups in total. The van der Waals surface area contributed by atoms with Gasteiger partial charge in [-0.05, 0) is 78.6 Å². The first-order valence-electron chi connectivity index (χ1n) is 9.63. The molecular formula is C23H31NO3. The lowest BCUT2D eigenvalue weighted by Gasteiger charge is -2.15. The van der Waals surface area contributed by atoms with Crippen LogP contribution in [0.15, 0.2) is 30.3 Å². The number of hydrogen-bond acceptors (Lipinski definition) is 3. The molecule has 0 heterocycles. The van der Waals surface area contributed by atoms with E-state index in [-0.39, 0.29) is 18.4 Å². The summed E-state index contributed by atoms with van der Waals surface area (Å²) >= 11 is 0. The second kappa shape index (κ2) is 9.45. The van der Waals surface area contributed by atoms with E-state index in [1.165, 1.54) is 11.1 Å². The molecule has 0 unspecified atom stereocenters. The molecule has 0 bridgehead atoms. The molecule has 4 nitrogen and oxygen atoms in total. The maximum Gasteiger partial charge on any atom is 0.257 e. The zero-order chi connectivity index (χ0) is 20.0. The maximum atomic E-state index is 11.7. The van der Waals surface area contributed by atoms with E-state index >= 15 is 0 Å². The third-order valence-electron chi connectivity index (χ3n) is 4.71. The summed E-state index contributed by atoms with van der Waals surface area (Å²) in [6.45, 7) is 11.0. The Bertz CT molecular complexity index is 773. The Kier molecular flexibility index (Phi) is 7.28. The fraction of sp³-hybridized carbons (Fsp3) is 0.435. The van der Waals surface area contributed by atoms with Gasteiger partial charge in [0.15, 0.2) is 6.61 Å². The third-order valence-corrected chi connectivity index (χ3v) is 4.71. The van der Waals surface area contributed by atoms with E-state index in [1.54, 1.807) is 6.07 Å². The van der Waals surface area contributed by atoms with Crippen molar-refractivity contribution in [3.8, 4) is 11.5 Å². The number of rotatable bonds is 8. The average molecular weight is 370 g/mol. The van der Waals surface area contributed by atoms with E-state index in [9.17, 15) is 9.90 Å². The van der Waals surface area contributed by atoms with Gasteiger partial charge in [-0.15, -0.1) is 0 Å². The molecule has 0 atom stereocenters. The van der Waals surface area contributed by atoms with Crippen molar-refractivity contribution in [1.82, 2.24) is 5.32 Å². The first-order chi connectivity index (χ1) is 12.8. The highest BCUT2D eigenvalue weighted by molar-refractivity contribution is 5.77. The monoisotopic (exact) mass is 369 g/mol. The molecule has 0 aliphatic heterocycles. The van der Waals surface area contributed by atoms with Crippen LogP contribution in [0.5, 0.6) is 11.5 Å². The molecule has 0 aliphatic rings. The summed E-state index contributed by atoms with van der Waals surface area (Å²) in [5, 5.41) is 12.8. The summed E-state index contributed by atoms with van der Waals surface area (Å²) < 4.78 is 5.65. The van der Waals surface area contributed by atoms with Gasteiger partial charge >= 0.3 is 0 Å². The average Bonchev–Trinajstić information content (AvgIpc) is 2.62. The van der Waals surface area contributed by atoms with Crippen LogP contribution in [0, 0.1) is 13.8 Å². The number of carbonyl (C=O) groups is 1. The summed E-state index contributed by atoms with van der Waals surface area (Å²) in [5.41, 5.74) is 5.67. The highest BCUT2D eigenvalue weighted by Crippen LogP contribution is 2.29. The van der Waals surface area contributed by atoms with Crippen LogP contribution in [0.3, 0.4) is 0 Å². The number of nitrogens with one attached hydrogen (secondary N) is 1. The Labute approximate surface area is 162 Å². The van der Waals surface area contributed by atoms with Crippen molar-refractivity contribution in [2.45, 2.75) is 53.4 Å². The van der Waals surface area contributed by atoms with E-state index in [0.717, 1.165) is 29.5 Å². The molecule has 0 spiro atoms. The first-order valence-corrected chi connectivity index (χ1v) is 9.63. The van der Waals surface area contributed by atoms with Crippen LogP contribution < -0.4 is 10.1 Å². The van der Waals surface area contributed by atoms with E-state index in [2.05, 4.69) is 39.1 Å². The van der Waals surface area contributed by atoms with Crippen LogP contribution in [-0.4, -0.2) is 24.2 Å². The van der Waals surface area contributed by atoms with Gasteiger partial charge in [0.25, 0.3) is 5.91 Å². The standard InChI is InChI=1S/C23H31NO3/c1-6-9-24-23(26)14-27-19-10-16(4)21(17(5)11-19)13-18-7-8-22(25)20(12-18)15(2)3/h7-8,10-12,15,25H,6,9,13-14H2,1-5H3,(H,24,26). The number of amides is 1. The molecule has 2 rings (SSSR count). The van der Waals surface area contributed by atoms with Crippen LogP contribution >= 0.6 is 0 Å². The predicted octanol–water partition coefficient (Wildman–Crippen LogP) is 4.63. The Morgan fingerprint density at radius 1 is 1.15 bits per heavy atom. The van der Waals surface area contributed by atoms with Crippen molar-refractivity contribution in [3.63, 3.8) is 0 Å².